The van der Waals surface area contributed by atoms with Gasteiger partial charge in [0.05, 0.1) is 0 Å². The van der Waals surface area contributed by atoms with Crippen LogP contribution in [0.5, 0.6) is 0 Å². The van der Waals surface area contributed by atoms with Gasteiger partial charge in [0, 0.05) is 22.5 Å². The fraction of sp³-hybridized carbons (Fsp3) is 0.900. The Balaban J connectivity index is 2.45. The highest BCUT2D eigenvalue weighted by Crippen LogP contribution is 2.65. The Morgan fingerprint density at radius 1 is 1.46 bits per heavy atom. The van der Waals surface area contributed by atoms with Gasteiger partial charge in [-0.3, -0.25) is 4.79 Å². The lowest BCUT2D eigenvalue weighted by atomic mass is 9.70. The van der Waals surface area contributed by atoms with Gasteiger partial charge in [-0.05, 0) is 24.2 Å². The molecule has 0 aromatic heterocycles. The summed E-state index contributed by atoms with van der Waals surface area (Å²) in [7, 11) is 0. The van der Waals surface area contributed by atoms with Crippen molar-refractivity contribution in [1.29, 1.82) is 0 Å². The van der Waals surface area contributed by atoms with Gasteiger partial charge in [0.25, 0.3) is 0 Å². The number of hydrogen-bond donors (Lipinski definition) is 0. The smallest absolute Gasteiger partial charge is 0.140 e. The van der Waals surface area contributed by atoms with Crippen molar-refractivity contribution in [3.8, 4) is 0 Å². The summed E-state index contributed by atoms with van der Waals surface area (Å²) < 4.78 is 0. The van der Waals surface area contributed by atoms with E-state index in [0.717, 1.165) is 23.5 Å². The lowest BCUT2D eigenvalue weighted by molar-refractivity contribution is -0.127. The average molecular weight is 310 g/mol. The third-order valence-corrected chi connectivity index (χ3v) is 6.51. The Morgan fingerprint density at radius 2 is 2.15 bits per heavy atom. The molecule has 0 aromatic rings. The predicted molar refractivity (Wildman–Crippen MR) is 60.5 cm³/mol. The molecule has 0 heterocycles. The first-order chi connectivity index (χ1) is 6.10. The number of carbonyl (C=O) groups excluding carboxylic acids is 1. The molecule has 0 spiro atoms. The molecule has 2 saturated carbocycles. The summed E-state index contributed by atoms with van der Waals surface area (Å²) >= 11 is 7.12. The fourth-order valence-corrected chi connectivity index (χ4v) is 5.38. The van der Waals surface area contributed by atoms with Crippen LogP contribution in [-0.2, 0) is 4.79 Å². The van der Waals surface area contributed by atoms with Crippen molar-refractivity contribution in [2.75, 3.05) is 10.7 Å². The van der Waals surface area contributed by atoms with Crippen LogP contribution in [0.1, 0.15) is 26.2 Å². The van der Waals surface area contributed by atoms with E-state index in [9.17, 15) is 4.79 Å². The molecule has 2 bridgehead atoms. The summed E-state index contributed by atoms with van der Waals surface area (Å²) in [6.45, 7) is 2.27. The number of hydrogen-bond acceptors (Lipinski definition) is 1. The highest BCUT2D eigenvalue weighted by molar-refractivity contribution is 9.09. The number of Topliss-reactive ketones (excluding diaryl/α,β-unsaturated/α-hetero) is 1. The molecule has 2 fully saturated rings. The van der Waals surface area contributed by atoms with Crippen LogP contribution < -0.4 is 0 Å². The summed E-state index contributed by atoms with van der Waals surface area (Å²) in [5.41, 5.74) is 0.148. The van der Waals surface area contributed by atoms with Crippen LogP contribution in [0, 0.1) is 16.7 Å². The molecule has 74 valence electrons. The molecule has 13 heavy (non-hydrogen) atoms. The summed E-state index contributed by atoms with van der Waals surface area (Å²) in [5, 5.41) is 1.80. The van der Waals surface area contributed by atoms with Crippen molar-refractivity contribution in [1.82, 2.24) is 0 Å². The highest BCUT2D eigenvalue weighted by Gasteiger charge is 2.65. The lowest BCUT2D eigenvalue weighted by Gasteiger charge is -2.36. The second kappa shape index (κ2) is 3.06. The molecule has 2 aliphatic rings. The van der Waals surface area contributed by atoms with E-state index in [-0.39, 0.29) is 10.8 Å². The Labute approximate surface area is 95.9 Å². The van der Waals surface area contributed by atoms with E-state index >= 15 is 0 Å². The van der Waals surface area contributed by atoms with Crippen LogP contribution in [0.15, 0.2) is 0 Å². The number of rotatable bonds is 2. The summed E-state index contributed by atoms with van der Waals surface area (Å²) in [6.07, 6.45) is 3.14. The minimum atomic E-state index is -0.0544. The maximum atomic E-state index is 11.9. The van der Waals surface area contributed by atoms with Gasteiger partial charge in [0.2, 0.25) is 0 Å². The maximum absolute atomic E-state index is 11.9. The number of fused-ring (bicyclic) bond motifs is 2. The molecule has 0 radical (unpaired) electrons. The second-order valence-corrected chi connectivity index (χ2v) is 5.75. The molecule has 0 amide bonds. The Bertz CT molecular complexity index is 253. The molecule has 3 atom stereocenters. The fourth-order valence-electron chi connectivity index (χ4n) is 3.15. The molecule has 0 unspecified atom stereocenters. The van der Waals surface area contributed by atoms with Gasteiger partial charge in [-0.25, -0.2) is 0 Å². The predicted octanol–water partition coefficient (Wildman–Crippen LogP) is 3.15. The molecule has 3 heteroatoms. The van der Waals surface area contributed by atoms with Gasteiger partial charge in [0.15, 0.2) is 0 Å². The number of carbonyl (C=O) groups is 1. The summed E-state index contributed by atoms with van der Waals surface area (Å²) in [6, 6.07) is 0. The number of alkyl halides is 2. The van der Waals surface area contributed by atoms with Crippen molar-refractivity contribution < 1.29 is 4.79 Å². The first kappa shape index (κ1) is 10.2. The van der Waals surface area contributed by atoms with Crippen molar-refractivity contribution in [2.45, 2.75) is 26.2 Å². The Hall–Kier alpha value is 0.630. The molecular weight excluding hydrogens is 296 g/mol. The van der Waals surface area contributed by atoms with E-state index in [2.05, 4.69) is 38.8 Å². The van der Waals surface area contributed by atoms with E-state index in [1.807, 2.05) is 0 Å². The Morgan fingerprint density at radius 3 is 2.54 bits per heavy atom. The SMILES string of the molecule is C[C@]1(CBr)[C@H]2CC[C@@]1(CBr)C(=O)C2. The van der Waals surface area contributed by atoms with E-state index in [1.54, 1.807) is 0 Å². The van der Waals surface area contributed by atoms with E-state index in [1.165, 1.54) is 6.42 Å². The minimum Gasteiger partial charge on any atom is -0.299 e. The molecule has 0 N–H and O–H groups in total. The van der Waals surface area contributed by atoms with Crippen molar-refractivity contribution in [2.24, 2.45) is 16.7 Å². The molecule has 2 aliphatic carbocycles. The van der Waals surface area contributed by atoms with Crippen LogP contribution in [0.2, 0.25) is 0 Å². The van der Waals surface area contributed by atoms with Gasteiger partial charge in [-0.15, -0.1) is 0 Å². The zero-order valence-corrected chi connectivity index (χ0v) is 10.9. The van der Waals surface area contributed by atoms with Gasteiger partial charge in [0.1, 0.15) is 5.78 Å². The average Bonchev–Trinajstić information content (AvgIpc) is 2.53. The number of halogens is 2. The first-order valence-corrected chi connectivity index (χ1v) is 7.00. The molecule has 2 rings (SSSR count). The highest BCUT2D eigenvalue weighted by atomic mass is 79.9. The summed E-state index contributed by atoms with van der Waals surface area (Å²) in [4.78, 5) is 11.9. The third kappa shape index (κ3) is 1.01. The lowest BCUT2D eigenvalue weighted by Crippen LogP contribution is -2.40. The zero-order valence-electron chi connectivity index (χ0n) is 7.78. The molecule has 1 nitrogen and oxygen atoms in total. The Kier molecular flexibility index (Phi) is 2.39. The first-order valence-electron chi connectivity index (χ1n) is 4.76. The van der Waals surface area contributed by atoms with Crippen LogP contribution in [0.3, 0.4) is 0 Å². The molecule has 0 aliphatic heterocycles. The molecule has 0 aromatic carbocycles. The molecular formula is C10H14Br2O. The van der Waals surface area contributed by atoms with Crippen LogP contribution in [0.4, 0.5) is 0 Å². The van der Waals surface area contributed by atoms with Crippen LogP contribution >= 0.6 is 31.9 Å². The topological polar surface area (TPSA) is 17.1 Å². The van der Waals surface area contributed by atoms with E-state index in [0.29, 0.717) is 11.7 Å². The monoisotopic (exact) mass is 308 g/mol. The van der Waals surface area contributed by atoms with Gasteiger partial charge < -0.3 is 0 Å². The van der Waals surface area contributed by atoms with Gasteiger partial charge >= 0.3 is 0 Å². The largest absolute Gasteiger partial charge is 0.299 e. The standard InChI is InChI=1S/C10H14Br2O/c1-9(5-11)7-2-3-10(9,6-12)8(13)4-7/h7H,2-6H2,1H3/t7-,9-,10+/m0/s1. The van der Waals surface area contributed by atoms with Crippen LogP contribution in [-0.4, -0.2) is 16.4 Å². The minimum absolute atomic E-state index is 0.0544. The third-order valence-electron chi connectivity index (χ3n) is 4.39. The van der Waals surface area contributed by atoms with Crippen molar-refractivity contribution >= 4 is 37.6 Å². The number of ketones is 1. The maximum Gasteiger partial charge on any atom is 0.140 e. The van der Waals surface area contributed by atoms with E-state index in [4.69, 9.17) is 0 Å². The van der Waals surface area contributed by atoms with E-state index < -0.39 is 0 Å². The zero-order chi connectivity index (χ0) is 9.69. The molecule has 0 saturated heterocycles. The van der Waals surface area contributed by atoms with Crippen LogP contribution in [0.25, 0.3) is 0 Å². The van der Waals surface area contributed by atoms with Crippen molar-refractivity contribution in [3.05, 3.63) is 0 Å². The van der Waals surface area contributed by atoms with Gasteiger partial charge in [-0.1, -0.05) is 38.8 Å². The van der Waals surface area contributed by atoms with Crippen molar-refractivity contribution in [3.63, 3.8) is 0 Å². The summed E-state index contributed by atoms with van der Waals surface area (Å²) in [5.74, 6) is 1.11. The normalized spacial score (nSPS) is 48.8. The van der Waals surface area contributed by atoms with Gasteiger partial charge in [-0.2, -0.15) is 0 Å². The quantitative estimate of drug-likeness (QED) is 0.716. The second-order valence-electron chi connectivity index (χ2n) is 4.63.